The SMILES string of the molecule is CC(C)(C)c1ccc2[cH-]c3ccc(C(C)(C)C)cc3c2c1.Cc1cccc([C](=[Hf+2])c2cccc(C)c2)c1.[C-]1=CC=CC1.[Cl-].[Cl-]. The monoisotopic (exact) mass is 786 g/mol. The molecule has 6 rings (SSSR count). The van der Waals surface area contributed by atoms with Gasteiger partial charge in [-0.2, -0.15) is 6.08 Å². The number of rotatable bonds is 2. The predicted octanol–water partition coefficient (Wildman–Crippen LogP) is 5.04. The fourth-order valence-corrected chi connectivity index (χ4v) is 6.16. The van der Waals surface area contributed by atoms with Crippen molar-refractivity contribution in [3.05, 3.63) is 149 Å². The Hall–Kier alpha value is -2.45. The van der Waals surface area contributed by atoms with E-state index in [2.05, 4.69) is 159 Å². The smallest absolute Gasteiger partial charge is 0.109 e. The molecular formula is C41H44Cl2Hf-2. The van der Waals surface area contributed by atoms with Crippen LogP contribution in [0.5, 0.6) is 0 Å². The molecule has 0 heterocycles. The third-order valence-electron chi connectivity index (χ3n) is 7.64. The van der Waals surface area contributed by atoms with Crippen LogP contribution in [0.2, 0.25) is 0 Å². The summed E-state index contributed by atoms with van der Waals surface area (Å²) >= 11 is 1.08. The van der Waals surface area contributed by atoms with Crippen LogP contribution in [0.25, 0.3) is 21.5 Å². The van der Waals surface area contributed by atoms with E-state index in [1.165, 1.54) is 58.2 Å². The Bertz CT molecular complexity index is 1630. The van der Waals surface area contributed by atoms with Crippen LogP contribution in [0.3, 0.4) is 0 Å². The molecule has 0 nitrogen and oxygen atoms in total. The second kappa shape index (κ2) is 16.2. The number of benzene rings is 4. The molecule has 0 unspecified atom stereocenters. The molecule has 228 valence electrons. The van der Waals surface area contributed by atoms with Crippen LogP contribution in [0.4, 0.5) is 0 Å². The summed E-state index contributed by atoms with van der Waals surface area (Å²) in [6.45, 7) is 18.0. The van der Waals surface area contributed by atoms with Gasteiger partial charge in [-0.1, -0.05) is 76.9 Å². The number of fused-ring (bicyclic) bond motifs is 3. The van der Waals surface area contributed by atoms with Gasteiger partial charge in [0.15, 0.2) is 0 Å². The summed E-state index contributed by atoms with van der Waals surface area (Å²) in [7, 11) is 0. The maximum atomic E-state index is 2.99. The quantitative estimate of drug-likeness (QED) is 0.174. The van der Waals surface area contributed by atoms with Gasteiger partial charge in [0.05, 0.1) is 0 Å². The van der Waals surface area contributed by atoms with E-state index in [0.29, 0.717) is 0 Å². The molecule has 1 aliphatic carbocycles. The average molecular weight is 786 g/mol. The Balaban J connectivity index is 0.000000260. The number of hydrogen-bond donors (Lipinski definition) is 0. The van der Waals surface area contributed by atoms with Crippen molar-refractivity contribution in [3.63, 3.8) is 0 Å². The molecule has 0 atom stereocenters. The van der Waals surface area contributed by atoms with Crippen molar-refractivity contribution in [1.29, 1.82) is 0 Å². The van der Waals surface area contributed by atoms with Gasteiger partial charge >= 0.3 is 112 Å². The molecular weight excluding hydrogens is 742 g/mol. The molecule has 5 aromatic rings. The molecule has 0 saturated heterocycles. The first-order chi connectivity index (χ1) is 19.8. The Morgan fingerprint density at radius 2 is 1.11 bits per heavy atom. The zero-order valence-corrected chi connectivity index (χ0v) is 32.5. The first kappa shape index (κ1) is 37.7. The van der Waals surface area contributed by atoms with Gasteiger partial charge < -0.3 is 24.8 Å². The standard InChI is InChI=1S/C21H25.C15H14.C5H5.2ClH.Hf/c1-20(2,3)16-9-7-14-11-15-8-10-17(21(4,5)6)13-19(15)18(14)12-16;1-12-5-3-7-14(9-12)11-15-8-4-6-13(2)10-15;1-2-4-5-3-1;;;/h7-13H,1-6H3;3-10H,1-2H3;1-3H,4H2;2*1H;/q-1;;-1;;;+2/p-2. The van der Waals surface area contributed by atoms with Crippen molar-refractivity contribution in [2.24, 2.45) is 0 Å². The molecule has 5 aromatic carbocycles. The zero-order valence-electron chi connectivity index (χ0n) is 27.4. The molecule has 0 aliphatic heterocycles. The number of allylic oxidation sites excluding steroid dienone is 4. The predicted molar refractivity (Wildman–Crippen MR) is 182 cm³/mol. The molecule has 3 heteroatoms. The zero-order chi connectivity index (χ0) is 30.5. The molecule has 1 aliphatic rings. The first-order valence-corrected chi connectivity index (χ1v) is 16.7. The molecule has 0 radical (unpaired) electrons. The third-order valence-corrected chi connectivity index (χ3v) is 9.71. The fourth-order valence-electron chi connectivity index (χ4n) is 5.04. The fraction of sp³-hybridized carbons (Fsp3) is 0.268. The van der Waals surface area contributed by atoms with E-state index in [4.69, 9.17) is 0 Å². The van der Waals surface area contributed by atoms with Crippen molar-refractivity contribution in [3.8, 4) is 0 Å². The van der Waals surface area contributed by atoms with Crippen LogP contribution < -0.4 is 24.8 Å². The Kier molecular flexibility index (Phi) is 13.9. The van der Waals surface area contributed by atoms with Crippen molar-refractivity contribution < 1.29 is 48.7 Å². The van der Waals surface area contributed by atoms with E-state index < -0.39 is 0 Å². The van der Waals surface area contributed by atoms with Gasteiger partial charge in [-0.3, -0.25) is 6.08 Å². The minimum atomic E-state index is 0. The minimum absolute atomic E-state index is 0. The van der Waals surface area contributed by atoms with E-state index >= 15 is 0 Å². The maximum Gasteiger partial charge on any atom is -0.109 e. The van der Waals surface area contributed by atoms with Crippen LogP contribution in [-0.4, -0.2) is 3.26 Å². The summed E-state index contributed by atoms with van der Waals surface area (Å²) in [4.78, 5) is 0. The van der Waals surface area contributed by atoms with Gasteiger partial charge in [0.25, 0.3) is 0 Å². The second-order valence-electron chi connectivity index (χ2n) is 13.4. The van der Waals surface area contributed by atoms with Crippen molar-refractivity contribution in [2.45, 2.75) is 72.6 Å². The van der Waals surface area contributed by atoms with Crippen molar-refractivity contribution in [1.82, 2.24) is 0 Å². The number of halogens is 2. The van der Waals surface area contributed by atoms with Crippen LogP contribution in [0.15, 0.2) is 109 Å². The first-order valence-electron chi connectivity index (χ1n) is 14.9. The van der Waals surface area contributed by atoms with Crippen LogP contribution >= 0.6 is 0 Å². The van der Waals surface area contributed by atoms with Crippen molar-refractivity contribution >= 4 is 24.8 Å². The molecule has 0 aromatic heterocycles. The van der Waals surface area contributed by atoms with Gasteiger partial charge in [-0.05, 0) is 10.8 Å². The van der Waals surface area contributed by atoms with Crippen LogP contribution in [0, 0.1) is 19.9 Å². The molecule has 44 heavy (non-hydrogen) atoms. The molecule has 0 saturated carbocycles. The Labute approximate surface area is 292 Å². The molecule has 0 spiro atoms. The maximum absolute atomic E-state index is 2.99. The normalized spacial score (nSPS) is 12.0. The van der Waals surface area contributed by atoms with E-state index in [-0.39, 0.29) is 35.6 Å². The third kappa shape index (κ3) is 10.0. The van der Waals surface area contributed by atoms with E-state index in [1.54, 1.807) is 0 Å². The average Bonchev–Trinajstić information content (AvgIpc) is 3.63. The van der Waals surface area contributed by atoms with Gasteiger partial charge in [0, 0.05) is 0 Å². The van der Waals surface area contributed by atoms with E-state index in [1.807, 2.05) is 12.2 Å². The summed E-state index contributed by atoms with van der Waals surface area (Å²) in [6, 6.07) is 33.7. The van der Waals surface area contributed by atoms with Crippen molar-refractivity contribution in [2.75, 3.05) is 0 Å². The Morgan fingerprint density at radius 3 is 1.43 bits per heavy atom. The number of aryl methyl sites for hydroxylation is 2. The molecule has 0 bridgehead atoms. The summed E-state index contributed by atoms with van der Waals surface area (Å²) in [6.07, 6.45) is 10.0. The van der Waals surface area contributed by atoms with Gasteiger partial charge in [0.1, 0.15) is 0 Å². The molecule has 0 fully saturated rings. The van der Waals surface area contributed by atoms with Crippen LogP contribution in [0.1, 0.15) is 81.3 Å². The van der Waals surface area contributed by atoms with E-state index in [9.17, 15) is 0 Å². The largest absolute Gasteiger partial charge is 1.00 e. The molecule has 0 amide bonds. The number of hydrogen-bond acceptors (Lipinski definition) is 0. The summed E-state index contributed by atoms with van der Waals surface area (Å²) < 4.78 is 1.48. The van der Waals surface area contributed by atoms with E-state index in [0.717, 1.165) is 30.3 Å². The minimum Gasteiger partial charge on any atom is -1.00 e. The van der Waals surface area contributed by atoms with Gasteiger partial charge in [0.2, 0.25) is 0 Å². The summed E-state index contributed by atoms with van der Waals surface area (Å²) in [5, 5.41) is 5.49. The topological polar surface area (TPSA) is 0 Å². The van der Waals surface area contributed by atoms with Gasteiger partial charge in [-0.25, -0.2) is 12.2 Å². The summed E-state index contributed by atoms with van der Waals surface area (Å²) in [5.74, 6) is 0. The Morgan fingerprint density at radius 1 is 0.659 bits per heavy atom. The van der Waals surface area contributed by atoms with Gasteiger partial charge in [-0.15, -0.1) is 46.2 Å². The summed E-state index contributed by atoms with van der Waals surface area (Å²) in [5.41, 5.74) is 8.61. The second-order valence-corrected chi connectivity index (χ2v) is 15.2. The molecule has 0 N–H and O–H groups in total. The van der Waals surface area contributed by atoms with Crippen LogP contribution in [-0.2, 0) is 34.7 Å².